The van der Waals surface area contributed by atoms with Gasteiger partial charge in [0, 0.05) is 21.6 Å². The van der Waals surface area contributed by atoms with E-state index < -0.39 is 9.84 Å². The van der Waals surface area contributed by atoms with Gasteiger partial charge < -0.3 is 0 Å². The molecule has 104 valence electrons. The zero-order chi connectivity index (χ0) is 14.8. The molecule has 5 heteroatoms. The van der Waals surface area contributed by atoms with Gasteiger partial charge in [-0.1, -0.05) is 23.4 Å². The fourth-order valence-corrected chi connectivity index (χ4v) is 3.25. The lowest BCUT2D eigenvalue weighted by Gasteiger charge is -2.06. The Hall–Kier alpha value is -1.59. The molecule has 0 amide bonds. The fourth-order valence-electron chi connectivity index (χ4n) is 1.73. The molecule has 0 aliphatic rings. The second-order valence-electron chi connectivity index (χ2n) is 4.50. The molecule has 0 heterocycles. The lowest BCUT2D eigenvalue weighted by atomic mass is 10.2. The van der Waals surface area contributed by atoms with Crippen LogP contribution in [0.2, 0.25) is 0 Å². The van der Waals surface area contributed by atoms with Crippen LogP contribution in [0.15, 0.2) is 57.2 Å². The van der Waals surface area contributed by atoms with E-state index in [9.17, 15) is 13.2 Å². The number of aryl methyl sites for hydroxylation is 1. The molecular formula is C15H14O3S2. The zero-order valence-corrected chi connectivity index (χ0v) is 12.8. The average molecular weight is 306 g/mol. The van der Waals surface area contributed by atoms with Crippen LogP contribution in [0.4, 0.5) is 0 Å². The third-order valence-corrected chi connectivity index (χ3v) is 5.00. The lowest BCUT2D eigenvalue weighted by Crippen LogP contribution is -1.96. The number of rotatable bonds is 4. The van der Waals surface area contributed by atoms with E-state index in [1.807, 2.05) is 25.1 Å². The molecule has 0 radical (unpaired) electrons. The van der Waals surface area contributed by atoms with Gasteiger partial charge in [-0.05, 0) is 43.3 Å². The highest BCUT2D eigenvalue weighted by Crippen LogP contribution is 2.31. The molecule has 0 unspecified atom stereocenters. The van der Waals surface area contributed by atoms with Crippen LogP contribution in [-0.4, -0.2) is 21.0 Å². The first-order valence-corrected chi connectivity index (χ1v) is 8.65. The van der Waals surface area contributed by atoms with E-state index >= 15 is 0 Å². The van der Waals surface area contributed by atoms with Crippen LogP contribution in [0.5, 0.6) is 0 Å². The van der Waals surface area contributed by atoms with E-state index in [0.717, 1.165) is 21.6 Å². The number of hydrogen-bond donors (Lipinski definition) is 0. The molecule has 0 bridgehead atoms. The molecule has 0 aromatic heterocycles. The minimum atomic E-state index is -3.18. The van der Waals surface area contributed by atoms with Gasteiger partial charge in [0.15, 0.2) is 16.1 Å². The van der Waals surface area contributed by atoms with Gasteiger partial charge in [-0.2, -0.15) is 0 Å². The number of carbonyl (C=O) groups excluding carboxylic acids is 1. The van der Waals surface area contributed by atoms with Crippen molar-refractivity contribution in [1.29, 1.82) is 0 Å². The Bertz CT molecular complexity index is 732. The summed E-state index contributed by atoms with van der Waals surface area (Å²) in [6.45, 7) is 1.93. The van der Waals surface area contributed by atoms with Crippen LogP contribution in [0, 0.1) is 6.92 Å². The van der Waals surface area contributed by atoms with Gasteiger partial charge >= 0.3 is 0 Å². The van der Waals surface area contributed by atoms with Gasteiger partial charge in [0.05, 0.1) is 4.90 Å². The van der Waals surface area contributed by atoms with Crippen LogP contribution in [0.3, 0.4) is 0 Å². The maximum Gasteiger partial charge on any atom is 0.175 e. The Morgan fingerprint density at radius 3 is 2.25 bits per heavy atom. The van der Waals surface area contributed by atoms with Gasteiger partial charge in [-0.15, -0.1) is 0 Å². The second-order valence-corrected chi connectivity index (χ2v) is 7.64. The molecule has 0 saturated heterocycles. The van der Waals surface area contributed by atoms with E-state index in [4.69, 9.17) is 0 Å². The first-order chi connectivity index (χ1) is 9.40. The van der Waals surface area contributed by atoms with Crippen molar-refractivity contribution in [2.24, 2.45) is 0 Å². The summed E-state index contributed by atoms with van der Waals surface area (Å²) in [7, 11) is -3.18. The predicted molar refractivity (Wildman–Crippen MR) is 80.2 cm³/mol. The number of sulfone groups is 1. The van der Waals surface area contributed by atoms with E-state index in [1.54, 1.807) is 24.3 Å². The maximum absolute atomic E-state index is 11.4. The number of hydrogen-bond acceptors (Lipinski definition) is 4. The van der Waals surface area contributed by atoms with Crippen molar-refractivity contribution >= 4 is 27.9 Å². The molecule has 0 N–H and O–H groups in total. The highest BCUT2D eigenvalue weighted by atomic mass is 32.2. The standard InChI is InChI=1S/C15H14O3S2/c1-11-3-8-15(12(9-11)10-16)19-13-4-6-14(7-5-13)20(2,17)18/h3-10H,1-2H3. The molecule has 2 rings (SSSR count). The van der Waals surface area contributed by atoms with Gasteiger partial charge in [-0.3, -0.25) is 4.79 Å². The Kier molecular flexibility index (Phi) is 4.30. The van der Waals surface area contributed by atoms with Crippen molar-refractivity contribution < 1.29 is 13.2 Å². The first-order valence-electron chi connectivity index (χ1n) is 5.94. The lowest BCUT2D eigenvalue weighted by molar-refractivity contribution is 0.112. The highest BCUT2D eigenvalue weighted by molar-refractivity contribution is 7.99. The van der Waals surface area contributed by atoms with Crippen LogP contribution >= 0.6 is 11.8 Å². The molecule has 2 aromatic carbocycles. The molecule has 2 aromatic rings. The van der Waals surface area contributed by atoms with Crippen LogP contribution in [0.1, 0.15) is 15.9 Å². The summed E-state index contributed by atoms with van der Waals surface area (Å²) in [5.74, 6) is 0. The quantitative estimate of drug-likeness (QED) is 0.813. The van der Waals surface area contributed by atoms with Crippen molar-refractivity contribution in [1.82, 2.24) is 0 Å². The number of aldehydes is 1. The second kappa shape index (κ2) is 5.81. The molecule has 3 nitrogen and oxygen atoms in total. The van der Waals surface area contributed by atoms with Crippen LogP contribution < -0.4 is 0 Å². The number of carbonyl (C=O) groups is 1. The molecular weight excluding hydrogens is 292 g/mol. The molecule has 20 heavy (non-hydrogen) atoms. The summed E-state index contributed by atoms with van der Waals surface area (Å²) < 4.78 is 22.8. The van der Waals surface area contributed by atoms with Crippen LogP contribution in [0.25, 0.3) is 0 Å². The first kappa shape index (κ1) is 14.8. The Balaban J connectivity index is 2.29. The smallest absolute Gasteiger partial charge is 0.175 e. The van der Waals surface area contributed by atoms with Crippen molar-refractivity contribution in [3.63, 3.8) is 0 Å². The summed E-state index contributed by atoms with van der Waals surface area (Å²) in [6.07, 6.45) is 2.01. The molecule has 0 aliphatic carbocycles. The third kappa shape index (κ3) is 3.49. The summed E-state index contributed by atoms with van der Waals surface area (Å²) in [5.41, 5.74) is 1.67. The SMILES string of the molecule is Cc1ccc(Sc2ccc(S(C)(=O)=O)cc2)c(C=O)c1. The highest BCUT2D eigenvalue weighted by Gasteiger charge is 2.08. The normalized spacial score (nSPS) is 11.3. The minimum Gasteiger partial charge on any atom is -0.298 e. The molecule has 0 spiro atoms. The van der Waals surface area contributed by atoms with E-state index in [0.29, 0.717) is 10.5 Å². The largest absolute Gasteiger partial charge is 0.298 e. The summed E-state index contributed by atoms with van der Waals surface area (Å²) >= 11 is 1.44. The van der Waals surface area contributed by atoms with Gasteiger partial charge in [0.25, 0.3) is 0 Å². The summed E-state index contributed by atoms with van der Waals surface area (Å²) in [4.78, 5) is 13.1. The van der Waals surface area contributed by atoms with Crippen molar-refractivity contribution in [2.75, 3.05) is 6.26 Å². The van der Waals surface area contributed by atoms with Crippen LogP contribution in [-0.2, 0) is 9.84 Å². The van der Waals surface area contributed by atoms with Gasteiger partial charge in [0.1, 0.15) is 0 Å². The van der Waals surface area contributed by atoms with Gasteiger partial charge in [-0.25, -0.2) is 8.42 Å². The van der Waals surface area contributed by atoms with Crippen molar-refractivity contribution in [2.45, 2.75) is 21.6 Å². The molecule has 0 fully saturated rings. The Morgan fingerprint density at radius 1 is 1.05 bits per heavy atom. The maximum atomic E-state index is 11.4. The molecule has 0 atom stereocenters. The number of benzene rings is 2. The van der Waals surface area contributed by atoms with E-state index in [-0.39, 0.29) is 0 Å². The Morgan fingerprint density at radius 2 is 1.70 bits per heavy atom. The monoisotopic (exact) mass is 306 g/mol. The van der Waals surface area contributed by atoms with Crippen molar-refractivity contribution in [3.05, 3.63) is 53.6 Å². The topological polar surface area (TPSA) is 51.2 Å². The third-order valence-electron chi connectivity index (χ3n) is 2.77. The van der Waals surface area contributed by atoms with Crippen molar-refractivity contribution in [3.8, 4) is 0 Å². The van der Waals surface area contributed by atoms with E-state index in [2.05, 4.69) is 0 Å². The zero-order valence-electron chi connectivity index (χ0n) is 11.2. The summed E-state index contributed by atoms with van der Waals surface area (Å²) in [6, 6.07) is 12.3. The Labute approximate surface area is 122 Å². The molecule has 0 saturated carbocycles. The predicted octanol–water partition coefficient (Wildman–Crippen LogP) is 3.36. The summed E-state index contributed by atoms with van der Waals surface area (Å²) in [5, 5.41) is 0. The fraction of sp³-hybridized carbons (Fsp3) is 0.133. The average Bonchev–Trinajstić information content (AvgIpc) is 2.40. The van der Waals surface area contributed by atoms with Gasteiger partial charge in [0.2, 0.25) is 0 Å². The van der Waals surface area contributed by atoms with E-state index in [1.165, 1.54) is 18.0 Å². The minimum absolute atomic E-state index is 0.293. The molecule has 0 aliphatic heterocycles.